The second kappa shape index (κ2) is 4.27. The number of hydrogen-bond donors (Lipinski definition) is 1. The van der Waals surface area contributed by atoms with Crippen LogP contribution >= 0.6 is 11.8 Å². The summed E-state index contributed by atoms with van der Waals surface area (Å²) in [6, 6.07) is 0. The number of carbonyl (C=O) groups is 2. The number of carbonyl (C=O) groups excluding carboxylic acids is 2. The summed E-state index contributed by atoms with van der Waals surface area (Å²) < 4.78 is 4.69. The number of aliphatic imine (C=N–C) groups is 1. The third-order valence-corrected chi connectivity index (χ3v) is 2.40. The number of thioether (sulfide) groups is 1. The summed E-state index contributed by atoms with van der Waals surface area (Å²) in [5.74, 6) is -0.742. The minimum Gasteiger partial charge on any atom is -0.466 e. The first-order valence-corrected chi connectivity index (χ1v) is 4.71. The molecule has 0 aliphatic carbocycles. The number of ether oxygens (including phenoxy) is 1. The maximum Gasteiger partial charge on any atom is 0.307 e. The Balaban J connectivity index is 2.40. The molecular formula is C7H10N2O3S. The largest absolute Gasteiger partial charge is 0.466 e. The minimum absolute atomic E-state index is 0.0432. The van der Waals surface area contributed by atoms with Gasteiger partial charge in [-0.1, -0.05) is 11.8 Å². The van der Waals surface area contributed by atoms with Crippen LogP contribution in [0.15, 0.2) is 4.99 Å². The van der Waals surface area contributed by atoms with Gasteiger partial charge in [-0.3, -0.25) is 9.59 Å². The van der Waals surface area contributed by atoms with Crippen molar-refractivity contribution in [2.24, 2.45) is 10.7 Å². The van der Waals surface area contributed by atoms with E-state index in [0.717, 1.165) is 11.8 Å². The quantitative estimate of drug-likeness (QED) is 0.646. The van der Waals surface area contributed by atoms with Gasteiger partial charge in [0.1, 0.15) is 5.25 Å². The molecular weight excluding hydrogens is 192 g/mol. The molecule has 0 aromatic heterocycles. The molecule has 0 saturated carbocycles. The molecule has 5 nitrogen and oxygen atoms in total. The fourth-order valence-electron chi connectivity index (χ4n) is 0.903. The highest BCUT2D eigenvalue weighted by atomic mass is 32.2. The van der Waals surface area contributed by atoms with Gasteiger partial charge in [0.25, 0.3) is 5.91 Å². The number of esters is 1. The summed E-state index contributed by atoms with van der Waals surface area (Å²) in [4.78, 5) is 25.5. The zero-order valence-corrected chi connectivity index (χ0v) is 7.97. The molecule has 1 aliphatic rings. The van der Waals surface area contributed by atoms with Gasteiger partial charge in [0.05, 0.1) is 13.0 Å². The van der Waals surface area contributed by atoms with Gasteiger partial charge in [-0.25, -0.2) is 0 Å². The van der Waals surface area contributed by atoms with Crippen LogP contribution in [0.3, 0.4) is 0 Å². The zero-order chi connectivity index (χ0) is 9.84. The summed E-state index contributed by atoms with van der Waals surface area (Å²) in [5.41, 5.74) is 5.31. The van der Waals surface area contributed by atoms with Crippen LogP contribution in [-0.2, 0) is 14.3 Å². The Morgan fingerprint density at radius 2 is 2.46 bits per heavy atom. The van der Waals surface area contributed by atoms with Crippen molar-refractivity contribution < 1.29 is 14.3 Å². The lowest BCUT2D eigenvalue weighted by Gasteiger charge is -2.04. The van der Waals surface area contributed by atoms with Crippen molar-refractivity contribution >= 4 is 28.8 Å². The number of amidine groups is 1. The fraction of sp³-hybridized carbons (Fsp3) is 0.571. The SMILES string of the molecule is CCOC(=O)CC1SC(N)=NC1=O. The first-order valence-electron chi connectivity index (χ1n) is 3.83. The van der Waals surface area contributed by atoms with E-state index in [1.165, 1.54) is 0 Å². The van der Waals surface area contributed by atoms with Crippen LogP contribution in [-0.4, -0.2) is 28.9 Å². The van der Waals surface area contributed by atoms with E-state index in [2.05, 4.69) is 4.99 Å². The first-order chi connectivity index (χ1) is 6.13. The fourth-order valence-corrected chi connectivity index (χ4v) is 1.71. The second-order valence-corrected chi connectivity index (χ2v) is 3.63. The molecule has 0 aromatic carbocycles. The molecule has 1 heterocycles. The van der Waals surface area contributed by atoms with Crippen molar-refractivity contribution in [3.8, 4) is 0 Å². The van der Waals surface area contributed by atoms with E-state index in [0.29, 0.717) is 6.61 Å². The lowest BCUT2D eigenvalue weighted by Crippen LogP contribution is -2.18. The number of amides is 1. The first kappa shape index (κ1) is 10.0. The highest BCUT2D eigenvalue weighted by molar-refractivity contribution is 8.15. The Morgan fingerprint density at radius 1 is 1.77 bits per heavy atom. The normalized spacial score (nSPS) is 21.5. The average molecular weight is 202 g/mol. The van der Waals surface area contributed by atoms with Crippen LogP contribution in [0, 0.1) is 0 Å². The van der Waals surface area contributed by atoms with E-state index in [1.54, 1.807) is 6.92 Å². The van der Waals surface area contributed by atoms with Crippen molar-refractivity contribution in [2.45, 2.75) is 18.6 Å². The van der Waals surface area contributed by atoms with Gasteiger partial charge < -0.3 is 10.5 Å². The summed E-state index contributed by atoms with van der Waals surface area (Å²) in [5, 5.41) is -0.265. The molecule has 2 N–H and O–H groups in total. The van der Waals surface area contributed by atoms with E-state index >= 15 is 0 Å². The standard InChI is InChI=1S/C7H10N2O3S/c1-2-12-5(10)3-4-6(11)9-7(8)13-4/h4H,2-3H2,1H3,(H2,8,9,11). The topological polar surface area (TPSA) is 81.8 Å². The van der Waals surface area contributed by atoms with Crippen LogP contribution in [0.1, 0.15) is 13.3 Å². The van der Waals surface area contributed by atoms with E-state index < -0.39 is 11.2 Å². The van der Waals surface area contributed by atoms with Crippen LogP contribution in [0.25, 0.3) is 0 Å². The second-order valence-electron chi connectivity index (χ2n) is 2.40. The van der Waals surface area contributed by atoms with Crippen LogP contribution in [0.4, 0.5) is 0 Å². The van der Waals surface area contributed by atoms with Gasteiger partial charge in [-0.15, -0.1) is 0 Å². The molecule has 1 atom stereocenters. The lowest BCUT2D eigenvalue weighted by molar-refractivity contribution is -0.143. The Hall–Kier alpha value is -1.04. The molecule has 1 unspecified atom stereocenters. The van der Waals surface area contributed by atoms with Gasteiger partial charge in [0.2, 0.25) is 0 Å². The molecule has 72 valence electrons. The number of nitrogens with zero attached hydrogens (tertiary/aromatic N) is 1. The number of hydrogen-bond acceptors (Lipinski definition) is 5. The average Bonchev–Trinajstić information content (AvgIpc) is 2.30. The van der Waals surface area contributed by atoms with E-state index in [9.17, 15) is 9.59 Å². The van der Waals surface area contributed by atoms with E-state index in [-0.39, 0.29) is 17.5 Å². The van der Waals surface area contributed by atoms with Gasteiger partial charge in [-0.05, 0) is 6.92 Å². The van der Waals surface area contributed by atoms with Gasteiger partial charge in [0, 0.05) is 0 Å². The third kappa shape index (κ3) is 2.73. The van der Waals surface area contributed by atoms with Crippen molar-refractivity contribution in [3.63, 3.8) is 0 Å². The maximum absolute atomic E-state index is 11.0. The molecule has 0 radical (unpaired) electrons. The molecule has 0 saturated heterocycles. The summed E-state index contributed by atoms with van der Waals surface area (Å²) in [6.45, 7) is 2.03. The number of rotatable bonds is 3. The predicted octanol–water partition coefficient (Wildman–Crippen LogP) is -0.104. The van der Waals surface area contributed by atoms with Crippen molar-refractivity contribution in [1.29, 1.82) is 0 Å². The molecule has 1 aliphatic heterocycles. The zero-order valence-electron chi connectivity index (χ0n) is 7.15. The molecule has 13 heavy (non-hydrogen) atoms. The minimum atomic E-state index is -0.487. The van der Waals surface area contributed by atoms with Crippen molar-refractivity contribution in [2.75, 3.05) is 6.61 Å². The van der Waals surface area contributed by atoms with Gasteiger partial charge in [-0.2, -0.15) is 4.99 Å². The highest BCUT2D eigenvalue weighted by Crippen LogP contribution is 2.22. The molecule has 1 rings (SSSR count). The molecule has 0 fully saturated rings. The smallest absolute Gasteiger partial charge is 0.307 e. The summed E-state index contributed by atoms with van der Waals surface area (Å²) in [7, 11) is 0. The molecule has 6 heteroatoms. The van der Waals surface area contributed by atoms with Crippen molar-refractivity contribution in [1.82, 2.24) is 0 Å². The Kier molecular flexibility index (Phi) is 3.30. The predicted molar refractivity (Wildman–Crippen MR) is 49.3 cm³/mol. The van der Waals surface area contributed by atoms with Crippen LogP contribution in [0.5, 0.6) is 0 Å². The summed E-state index contributed by atoms with van der Waals surface area (Å²) in [6.07, 6.45) is 0.0432. The Bertz CT molecular complexity index is 264. The maximum atomic E-state index is 11.0. The Morgan fingerprint density at radius 3 is 2.92 bits per heavy atom. The third-order valence-electron chi connectivity index (χ3n) is 1.42. The van der Waals surface area contributed by atoms with Crippen LogP contribution in [0.2, 0.25) is 0 Å². The molecule has 1 amide bonds. The lowest BCUT2D eigenvalue weighted by atomic mass is 10.3. The highest BCUT2D eigenvalue weighted by Gasteiger charge is 2.29. The Labute approximate surface area is 79.7 Å². The monoisotopic (exact) mass is 202 g/mol. The van der Waals surface area contributed by atoms with Gasteiger partial charge in [0.15, 0.2) is 5.17 Å². The summed E-state index contributed by atoms with van der Waals surface area (Å²) >= 11 is 1.11. The van der Waals surface area contributed by atoms with Crippen LogP contribution < -0.4 is 5.73 Å². The molecule has 0 aromatic rings. The van der Waals surface area contributed by atoms with E-state index in [1.807, 2.05) is 0 Å². The number of nitrogens with two attached hydrogens (primary N) is 1. The van der Waals surface area contributed by atoms with Crippen molar-refractivity contribution in [3.05, 3.63) is 0 Å². The van der Waals surface area contributed by atoms with Gasteiger partial charge >= 0.3 is 5.97 Å². The van der Waals surface area contributed by atoms with E-state index in [4.69, 9.17) is 10.5 Å². The molecule has 0 spiro atoms. The molecule has 0 bridgehead atoms.